The van der Waals surface area contributed by atoms with E-state index < -0.39 is 0 Å². The first-order chi connectivity index (χ1) is 8.19. The van der Waals surface area contributed by atoms with Gasteiger partial charge < -0.3 is 15.4 Å². The first-order valence-electron chi connectivity index (χ1n) is 5.38. The largest absolute Gasteiger partial charge is 0.380 e. The molecule has 0 bridgehead atoms. The van der Waals surface area contributed by atoms with E-state index in [4.69, 9.17) is 4.74 Å². The Labute approximate surface area is 108 Å². The molecule has 17 heavy (non-hydrogen) atoms. The number of anilines is 1. The van der Waals surface area contributed by atoms with Crippen LogP contribution in [0.5, 0.6) is 0 Å². The van der Waals surface area contributed by atoms with Crippen molar-refractivity contribution in [3.63, 3.8) is 0 Å². The van der Waals surface area contributed by atoms with Gasteiger partial charge in [-0.15, -0.1) is 0 Å². The lowest BCUT2D eigenvalue weighted by Crippen LogP contribution is -2.35. The van der Waals surface area contributed by atoms with Crippen molar-refractivity contribution in [2.24, 2.45) is 0 Å². The van der Waals surface area contributed by atoms with Gasteiger partial charge in [0.1, 0.15) is 10.4 Å². The summed E-state index contributed by atoms with van der Waals surface area (Å²) >= 11 is 3.26. The molecule has 2 heterocycles. The zero-order valence-electron chi connectivity index (χ0n) is 9.44. The Balaban J connectivity index is 1.93. The highest BCUT2D eigenvalue weighted by Crippen LogP contribution is 2.13. The summed E-state index contributed by atoms with van der Waals surface area (Å²) in [6.07, 6.45) is 0.803. The molecule has 2 atom stereocenters. The first kappa shape index (κ1) is 12.5. The number of aromatic nitrogens is 1. The van der Waals surface area contributed by atoms with E-state index >= 15 is 0 Å². The Bertz CT molecular complexity index is 413. The highest BCUT2D eigenvalue weighted by atomic mass is 79.9. The van der Waals surface area contributed by atoms with Gasteiger partial charge in [-0.05, 0) is 34.5 Å². The van der Waals surface area contributed by atoms with E-state index in [1.54, 1.807) is 13.2 Å². The molecule has 1 saturated heterocycles. The van der Waals surface area contributed by atoms with E-state index in [0.29, 0.717) is 23.4 Å². The van der Waals surface area contributed by atoms with Crippen LogP contribution in [0.15, 0.2) is 22.8 Å². The lowest BCUT2D eigenvalue weighted by atomic mass is 10.2. The SMILES string of the molecule is CO[C@H]1CN[C@H](C(=O)Nc2cccc(Br)n2)C1. The number of carbonyl (C=O) groups is 1. The third kappa shape index (κ3) is 3.24. The van der Waals surface area contributed by atoms with Crippen molar-refractivity contribution < 1.29 is 9.53 Å². The predicted octanol–water partition coefficient (Wildman–Crippen LogP) is 1.16. The van der Waals surface area contributed by atoms with Gasteiger partial charge in [-0.25, -0.2) is 4.98 Å². The number of nitrogens with zero attached hydrogens (tertiary/aromatic N) is 1. The highest BCUT2D eigenvalue weighted by Gasteiger charge is 2.29. The first-order valence-corrected chi connectivity index (χ1v) is 6.18. The van der Waals surface area contributed by atoms with Crippen molar-refractivity contribution in [1.82, 2.24) is 10.3 Å². The van der Waals surface area contributed by atoms with Crippen LogP contribution >= 0.6 is 15.9 Å². The number of methoxy groups -OCH3 is 1. The van der Waals surface area contributed by atoms with Gasteiger partial charge >= 0.3 is 0 Å². The molecule has 1 aliphatic rings. The summed E-state index contributed by atoms with van der Waals surface area (Å²) < 4.78 is 5.89. The van der Waals surface area contributed by atoms with Crippen molar-refractivity contribution in [3.8, 4) is 0 Å². The quantitative estimate of drug-likeness (QED) is 0.822. The second-order valence-corrected chi connectivity index (χ2v) is 4.70. The summed E-state index contributed by atoms with van der Waals surface area (Å²) in [5.41, 5.74) is 0. The summed E-state index contributed by atoms with van der Waals surface area (Å²) in [7, 11) is 1.66. The molecule has 2 N–H and O–H groups in total. The standard InChI is InChI=1S/C11H14BrN3O2/c1-17-7-5-8(13-6-7)11(16)15-10-4-2-3-9(12)14-10/h2-4,7-8,13H,5-6H2,1H3,(H,14,15,16)/t7-,8+/m1/s1. The molecule has 0 aromatic carbocycles. The molecule has 0 spiro atoms. The van der Waals surface area contributed by atoms with Crippen molar-refractivity contribution in [1.29, 1.82) is 0 Å². The Morgan fingerprint density at radius 3 is 3.12 bits per heavy atom. The fourth-order valence-electron chi connectivity index (χ4n) is 1.77. The van der Waals surface area contributed by atoms with Crippen LogP contribution < -0.4 is 10.6 Å². The summed E-state index contributed by atoms with van der Waals surface area (Å²) in [5, 5.41) is 5.89. The number of halogens is 1. The fraction of sp³-hybridized carbons (Fsp3) is 0.455. The topological polar surface area (TPSA) is 63.2 Å². The fourth-order valence-corrected chi connectivity index (χ4v) is 2.12. The third-order valence-corrected chi connectivity index (χ3v) is 3.15. The number of amides is 1. The van der Waals surface area contributed by atoms with Crippen LogP contribution in [0.4, 0.5) is 5.82 Å². The van der Waals surface area contributed by atoms with Crippen LogP contribution in [-0.2, 0) is 9.53 Å². The van der Waals surface area contributed by atoms with Gasteiger partial charge in [-0.2, -0.15) is 0 Å². The number of hydrogen-bond donors (Lipinski definition) is 2. The molecule has 1 aliphatic heterocycles. The van der Waals surface area contributed by atoms with Gasteiger partial charge in [-0.1, -0.05) is 6.07 Å². The molecule has 0 radical (unpaired) electrons. The molecule has 1 aromatic heterocycles. The normalized spacial score (nSPS) is 23.6. The van der Waals surface area contributed by atoms with E-state index in [9.17, 15) is 4.79 Å². The summed E-state index contributed by atoms with van der Waals surface area (Å²) in [6.45, 7) is 0.709. The highest BCUT2D eigenvalue weighted by molar-refractivity contribution is 9.10. The number of hydrogen-bond acceptors (Lipinski definition) is 4. The molecular formula is C11H14BrN3O2. The Morgan fingerprint density at radius 1 is 1.65 bits per heavy atom. The molecule has 92 valence electrons. The second-order valence-electron chi connectivity index (χ2n) is 3.89. The van der Waals surface area contributed by atoms with Gasteiger partial charge in [0.25, 0.3) is 0 Å². The number of carbonyl (C=O) groups excluding carboxylic acids is 1. The molecule has 1 fully saturated rings. The average molecular weight is 300 g/mol. The van der Waals surface area contributed by atoms with Crippen LogP contribution in [0.25, 0.3) is 0 Å². The molecule has 0 aliphatic carbocycles. The molecule has 5 nitrogen and oxygen atoms in total. The maximum atomic E-state index is 11.9. The van der Waals surface area contributed by atoms with E-state index in [1.165, 1.54) is 0 Å². The van der Waals surface area contributed by atoms with Gasteiger partial charge in [0, 0.05) is 13.7 Å². The van der Waals surface area contributed by atoms with Crippen LogP contribution in [0.3, 0.4) is 0 Å². The zero-order valence-corrected chi connectivity index (χ0v) is 11.0. The van der Waals surface area contributed by atoms with E-state index in [1.807, 2.05) is 12.1 Å². The lowest BCUT2D eigenvalue weighted by molar-refractivity contribution is -0.118. The van der Waals surface area contributed by atoms with Crippen LogP contribution in [0, 0.1) is 0 Å². The Hall–Kier alpha value is -0.980. The summed E-state index contributed by atoms with van der Waals surface area (Å²) in [5.74, 6) is 0.474. The minimum atomic E-state index is -0.208. The molecule has 6 heteroatoms. The van der Waals surface area contributed by atoms with E-state index in [2.05, 4.69) is 31.5 Å². The van der Waals surface area contributed by atoms with Crippen molar-refractivity contribution >= 4 is 27.7 Å². The minimum absolute atomic E-state index is 0.0739. The van der Waals surface area contributed by atoms with Crippen molar-refractivity contribution in [2.75, 3.05) is 19.0 Å². The van der Waals surface area contributed by atoms with Crippen LogP contribution in [0.2, 0.25) is 0 Å². The maximum absolute atomic E-state index is 11.9. The van der Waals surface area contributed by atoms with E-state index in [0.717, 1.165) is 0 Å². The number of rotatable bonds is 3. The van der Waals surface area contributed by atoms with Crippen LogP contribution in [0.1, 0.15) is 6.42 Å². The molecule has 2 rings (SSSR count). The molecule has 0 saturated carbocycles. The summed E-state index contributed by atoms with van der Waals surface area (Å²) in [4.78, 5) is 16.1. The summed E-state index contributed by atoms with van der Waals surface area (Å²) in [6, 6.07) is 5.18. The van der Waals surface area contributed by atoms with Crippen LogP contribution in [-0.4, -0.2) is 36.7 Å². The molecule has 1 aromatic rings. The molecule has 1 amide bonds. The molecule has 0 unspecified atom stereocenters. The smallest absolute Gasteiger partial charge is 0.242 e. The Kier molecular flexibility index (Phi) is 4.09. The lowest BCUT2D eigenvalue weighted by Gasteiger charge is -2.10. The van der Waals surface area contributed by atoms with Gasteiger partial charge in [0.2, 0.25) is 5.91 Å². The third-order valence-electron chi connectivity index (χ3n) is 2.71. The molecular weight excluding hydrogens is 286 g/mol. The van der Waals surface area contributed by atoms with Crippen molar-refractivity contribution in [3.05, 3.63) is 22.8 Å². The van der Waals surface area contributed by atoms with E-state index in [-0.39, 0.29) is 18.1 Å². The van der Waals surface area contributed by atoms with Gasteiger partial charge in [0.15, 0.2) is 0 Å². The Morgan fingerprint density at radius 2 is 2.47 bits per heavy atom. The maximum Gasteiger partial charge on any atom is 0.242 e. The number of pyridine rings is 1. The van der Waals surface area contributed by atoms with Gasteiger partial charge in [0.05, 0.1) is 12.1 Å². The van der Waals surface area contributed by atoms with Crippen molar-refractivity contribution in [2.45, 2.75) is 18.6 Å². The predicted molar refractivity (Wildman–Crippen MR) is 67.8 cm³/mol. The monoisotopic (exact) mass is 299 g/mol. The zero-order chi connectivity index (χ0) is 12.3. The minimum Gasteiger partial charge on any atom is -0.380 e. The second kappa shape index (κ2) is 5.57. The number of ether oxygens (including phenoxy) is 1. The van der Waals surface area contributed by atoms with Gasteiger partial charge in [-0.3, -0.25) is 4.79 Å². The number of nitrogens with one attached hydrogen (secondary N) is 2. The average Bonchev–Trinajstić information content (AvgIpc) is 2.77.